The lowest BCUT2D eigenvalue weighted by atomic mass is 10.0. The van der Waals surface area contributed by atoms with Crippen LogP contribution in [0.1, 0.15) is 278 Å². The Bertz CT molecular complexity index is 1730. The highest BCUT2D eigenvalue weighted by Crippen LogP contribution is 2.15. The molecule has 6 nitrogen and oxygen atoms in total. The van der Waals surface area contributed by atoms with Crippen LogP contribution in [0.25, 0.3) is 0 Å². The Labute approximate surface area is 487 Å². The van der Waals surface area contributed by atoms with Crippen LogP contribution in [-0.4, -0.2) is 37.2 Å². The lowest BCUT2D eigenvalue weighted by molar-refractivity contribution is -0.167. The monoisotopic (exact) mass is 1090 g/mol. The Kier molecular flexibility index (Phi) is 61.9. The predicted molar refractivity (Wildman–Crippen MR) is 343 cm³/mol. The summed E-state index contributed by atoms with van der Waals surface area (Å²) in [5.41, 5.74) is 0. The van der Waals surface area contributed by atoms with Gasteiger partial charge in [-0.3, -0.25) is 14.4 Å². The number of rotatable bonds is 57. The van der Waals surface area contributed by atoms with E-state index in [0.717, 1.165) is 148 Å². The summed E-state index contributed by atoms with van der Waals surface area (Å²) in [6.07, 6.45) is 94.7. The van der Waals surface area contributed by atoms with Crippen molar-refractivity contribution in [1.82, 2.24) is 0 Å². The molecule has 0 aromatic rings. The highest BCUT2D eigenvalue weighted by molar-refractivity contribution is 5.71. The first-order chi connectivity index (χ1) is 39.0. The van der Waals surface area contributed by atoms with Gasteiger partial charge in [0.1, 0.15) is 13.2 Å². The summed E-state index contributed by atoms with van der Waals surface area (Å²) in [4.78, 5) is 37.9. The van der Waals surface area contributed by atoms with Gasteiger partial charge >= 0.3 is 17.9 Å². The molecule has 446 valence electrons. The van der Waals surface area contributed by atoms with E-state index < -0.39 is 6.10 Å². The SMILES string of the molecule is CC/C=C\C/C=C\C/C=C\C/C=C\C/C=C\C/C=C\C/C=C\CCCCCCCCCCCCCC(=O)OCC(COC(=O)CCCCCCC)OC(=O)CCCCCCCCC/C=C\C/C=C\C/C=C\C/C=C\C/C=C\CC. The van der Waals surface area contributed by atoms with Crippen LogP contribution in [0.5, 0.6) is 0 Å². The topological polar surface area (TPSA) is 78.9 Å². The van der Waals surface area contributed by atoms with E-state index in [9.17, 15) is 14.4 Å². The highest BCUT2D eigenvalue weighted by Gasteiger charge is 2.19. The number of ether oxygens (including phenoxy) is 3. The third-order valence-electron chi connectivity index (χ3n) is 13.3. The largest absolute Gasteiger partial charge is 0.462 e. The van der Waals surface area contributed by atoms with Crippen molar-refractivity contribution in [3.05, 3.63) is 146 Å². The molecule has 0 aromatic carbocycles. The van der Waals surface area contributed by atoms with E-state index in [-0.39, 0.29) is 31.1 Å². The number of unbranched alkanes of at least 4 members (excludes halogenated alkanes) is 22. The van der Waals surface area contributed by atoms with Crippen LogP contribution in [0.2, 0.25) is 0 Å². The molecule has 0 aliphatic rings. The summed E-state index contributed by atoms with van der Waals surface area (Å²) in [6.45, 7) is 6.32. The Morgan fingerprint density at radius 2 is 0.494 bits per heavy atom. The zero-order valence-corrected chi connectivity index (χ0v) is 51.1. The first-order valence-electron chi connectivity index (χ1n) is 32.3. The minimum atomic E-state index is -0.787. The fourth-order valence-electron chi connectivity index (χ4n) is 8.57. The van der Waals surface area contributed by atoms with Gasteiger partial charge in [0.15, 0.2) is 6.10 Å². The van der Waals surface area contributed by atoms with Crippen molar-refractivity contribution in [2.24, 2.45) is 0 Å². The molecule has 0 aliphatic heterocycles. The molecule has 0 bridgehead atoms. The second-order valence-electron chi connectivity index (χ2n) is 20.9. The van der Waals surface area contributed by atoms with Gasteiger partial charge in [-0.15, -0.1) is 0 Å². The first kappa shape index (κ1) is 74.3. The van der Waals surface area contributed by atoms with Crippen LogP contribution in [-0.2, 0) is 28.6 Å². The van der Waals surface area contributed by atoms with Crippen LogP contribution in [0, 0.1) is 0 Å². The fraction of sp³-hybridized carbons (Fsp3) is 0.630. The van der Waals surface area contributed by atoms with Gasteiger partial charge in [-0.25, -0.2) is 0 Å². The average molecular weight is 1090 g/mol. The molecule has 0 amide bonds. The number of carbonyl (C=O) groups is 3. The third kappa shape index (κ3) is 64.0. The summed E-state index contributed by atoms with van der Waals surface area (Å²) in [5.74, 6) is -0.916. The predicted octanol–water partition coefficient (Wildman–Crippen LogP) is 22.3. The second-order valence-corrected chi connectivity index (χ2v) is 20.9. The van der Waals surface area contributed by atoms with Crippen molar-refractivity contribution in [1.29, 1.82) is 0 Å². The molecule has 0 heterocycles. The number of hydrogen-bond donors (Lipinski definition) is 0. The Morgan fingerprint density at radius 1 is 0.266 bits per heavy atom. The number of carbonyl (C=O) groups excluding carboxylic acids is 3. The van der Waals surface area contributed by atoms with Crippen molar-refractivity contribution in [3.63, 3.8) is 0 Å². The minimum Gasteiger partial charge on any atom is -0.462 e. The van der Waals surface area contributed by atoms with E-state index in [1.165, 1.54) is 89.9 Å². The van der Waals surface area contributed by atoms with Crippen molar-refractivity contribution < 1.29 is 28.6 Å². The Morgan fingerprint density at radius 3 is 0.772 bits per heavy atom. The van der Waals surface area contributed by atoms with Gasteiger partial charge < -0.3 is 14.2 Å². The van der Waals surface area contributed by atoms with Crippen molar-refractivity contribution in [2.75, 3.05) is 13.2 Å². The van der Waals surface area contributed by atoms with E-state index in [1.54, 1.807) is 0 Å². The van der Waals surface area contributed by atoms with Gasteiger partial charge in [0.05, 0.1) is 0 Å². The fourth-order valence-corrected chi connectivity index (χ4v) is 8.57. The first-order valence-corrected chi connectivity index (χ1v) is 32.3. The van der Waals surface area contributed by atoms with Crippen LogP contribution < -0.4 is 0 Å². The smallest absolute Gasteiger partial charge is 0.306 e. The maximum Gasteiger partial charge on any atom is 0.306 e. The molecule has 0 aliphatic carbocycles. The molecule has 1 atom stereocenters. The zero-order chi connectivity index (χ0) is 57.1. The standard InChI is InChI=1S/C73H118O6/c1-4-7-10-13-15-17-19-21-23-25-27-29-31-32-33-34-35-36-37-38-39-40-42-43-45-47-49-51-53-55-57-60-63-66-72(75)78-69-70(68-77-71(74)65-62-59-12-9-6-3)79-73(76)67-64-61-58-56-54-52-50-48-46-44-41-30-28-26-24-22-20-18-16-14-11-8-5-2/h7-8,10-11,15-18,21-24,27-30,32-33,35-36,38-39,44,46,70H,4-6,9,12-14,19-20,25-26,31,34,37,40-43,45,47-69H2,1-3H3/b10-7-,11-8-,17-15-,18-16-,23-21-,24-22-,29-27-,30-28-,33-32-,36-35-,39-38-,46-44-. The molecule has 1 unspecified atom stereocenters. The van der Waals surface area contributed by atoms with E-state index in [0.29, 0.717) is 19.3 Å². The molecule has 0 saturated heterocycles. The minimum absolute atomic E-state index is 0.0872. The summed E-state index contributed by atoms with van der Waals surface area (Å²) in [7, 11) is 0. The summed E-state index contributed by atoms with van der Waals surface area (Å²) in [5, 5.41) is 0. The molecule has 0 aromatic heterocycles. The Balaban J connectivity index is 4.08. The number of esters is 3. The lowest BCUT2D eigenvalue weighted by Crippen LogP contribution is -2.30. The molecule has 0 spiro atoms. The lowest BCUT2D eigenvalue weighted by Gasteiger charge is -2.18. The normalized spacial score (nSPS) is 13.1. The van der Waals surface area contributed by atoms with E-state index in [2.05, 4.69) is 167 Å². The number of allylic oxidation sites excluding steroid dienone is 24. The van der Waals surface area contributed by atoms with Gasteiger partial charge in [0, 0.05) is 19.3 Å². The number of hydrogen-bond acceptors (Lipinski definition) is 6. The van der Waals surface area contributed by atoms with Crippen molar-refractivity contribution >= 4 is 17.9 Å². The van der Waals surface area contributed by atoms with E-state index in [1.807, 2.05) is 0 Å². The molecule has 6 heteroatoms. The molecule has 0 radical (unpaired) electrons. The Hall–Kier alpha value is -4.71. The second kappa shape index (κ2) is 65.8. The summed E-state index contributed by atoms with van der Waals surface area (Å²) >= 11 is 0. The highest BCUT2D eigenvalue weighted by atomic mass is 16.6. The molecular formula is C73H118O6. The van der Waals surface area contributed by atoms with Gasteiger partial charge in [-0.05, 0) is 122 Å². The van der Waals surface area contributed by atoms with Gasteiger partial charge in [-0.2, -0.15) is 0 Å². The zero-order valence-electron chi connectivity index (χ0n) is 51.1. The third-order valence-corrected chi connectivity index (χ3v) is 13.3. The maximum absolute atomic E-state index is 12.8. The quantitative estimate of drug-likeness (QED) is 0.0261. The van der Waals surface area contributed by atoms with Crippen LogP contribution in [0.15, 0.2) is 146 Å². The summed E-state index contributed by atoms with van der Waals surface area (Å²) < 4.78 is 16.8. The van der Waals surface area contributed by atoms with E-state index >= 15 is 0 Å². The van der Waals surface area contributed by atoms with Crippen LogP contribution >= 0.6 is 0 Å². The molecular weight excluding hydrogens is 973 g/mol. The van der Waals surface area contributed by atoms with Crippen LogP contribution in [0.4, 0.5) is 0 Å². The molecule has 79 heavy (non-hydrogen) atoms. The van der Waals surface area contributed by atoms with E-state index in [4.69, 9.17) is 14.2 Å². The van der Waals surface area contributed by atoms with Crippen molar-refractivity contribution in [2.45, 2.75) is 284 Å². The molecule has 0 fully saturated rings. The van der Waals surface area contributed by atoms with Crippen LogP contribution in [0.3, 0.4) is 0 Å². The molecule has 0 rings (SSSR count). The van der Waals surface area contributed by atoms with Crippen molar-refractivity contribution in [3.8, 4) is 0 Å². The molecule has 0 saturated carbocycles. The van der Waals surface area contributed by atoms with Gasteiger partial charge in [-0.1, -0.05) is 282 Å². The van der Waals surface area contributed by atoms with Gasteiger partial charge in [0.25, 0.3) is 0 Å². The van der Waals surface area contributed by atoms with Gasteiger partial charge in [0.2, 0.25) is 0 Å². The maximum atomic E-state index is 12.8. The summed E-state index contributed by atoms with van der Waals surface area (Å²) in [6, 6.07) is 0. The molecule has 0 N–H and O–H groups in total. The average Bonchev–Trinajstić information content (AvgIpc) is 3.45.